The zero-order chi connectivity index (χ0) is 30.4. The van der Waals surface area contributed by atoms with Crippen molar-refractivity contribution in [2.75, 3.05) is 24.3 Å². The number of aliphatic hydroxyl groups is 1. The van der Waals surface area contributed by atoms with Crippen LogP contribution in [0.5, 0.6) is 11.5 Å². The van der Waals surface area contributed by atoms with Crippen LogP contribution in [0.25, 0.3) is 0 Å². The van der Waals surface area contributed by atoms with Crippen LogP contribution in [0, 0.1) is 0 Å². The van der Waals surface area contributed by atoms with Crippen molar-refractivity contribution in [1.82, 2.24) is 5.32 Å². The summed E-state index contributed by atoms with van der Waals surface area (Å²) in [5.74, 6) is -0.207. The van der Waals surface area contributed by atoms with Gasteiger partial charge in [-0.3, -0.25) is 14.9 Å². The van der Waals surface area contributed by atoms with Crippen LogP contribution in [0.4, 0.5) is 16.2 Å². The van der Waals surface area contributed by atoms with E-state index >= 15 is 0 Å². The number of amides is 3. The van der Waals surface area contributed by atoms with Gasteiger partial charge in [0, 0.05) is 11.6 Å². The van der Waals surface area contributed by atoms with E-state index in [0.29, 0.717) is 28.4 Å². The fourth-order valence-corrected chi connectivity index (χ4v) is 3.97. The summed E-state index contributed by atoms with van der Waals surface area (Å²) in [4.78, 5) is 38.5. The highest BCUT2D eigenvalue weighted by molar-refractivity contribution is 6.03. The van der Waals surface area contributed by atoms with Crippen LogP contribution in [-0.2, 0) is 9.53 Å². The maximum atomic E-state index is 13.0. The van der Waals surface area contributed by atoms with Gasteiger partial charge in [-0.15, -0.1) is 0 Å². The molecule has 0 unspecified atom stereocenters. The minimum absolute atomic E-state index is 0.104. The Morgan fingerprint density at radius 2 is 1.47 bits per heavy atom. The molecule has 0 aliphatic carbocycles. The maximum Gasteiger partial charge on any atom is 0.414 e. The standard InChI is InChI=1S/C33H31N3O7/c34-27-13-7-8-14-28(27)35-30(38)20-19-29(42-26-11-5-2-6-12-26)31(23-15-17-25(18-16-23)41-22-21-37)43-33(40)36-32(39)24-9-3-1-4-10-24/h1-20,29,31,37H,21-22,34H2,(H,35,38)(H,36,39,40)/b20-19+/t29-,31-/m1/s1. The van der Waals surface area contributed by atoms with Crippen LogP contribution < -0.4 is 25.8 Å². The van der Waals surface area contributed by atoms with Crippen LogP contribution in [-0.4, -0.2) is 42.3 Å². The average Bonchev–Trinajstić information content (AvgIpc) is 3.03. The molecule has 4 aromatic rings. The Kier molecular flexibility index (Phi) is 10.9. The Labute approximate surface area is 248 Å². The molecule has 0 fully saturated rings. The summed E-state index contributed by atoms with van der Waals surface area (Å²) in [5.41, 5.74) is 7.53. The molecule has 5 N–H and O–H groups in total. The summed E-state index contributed by atoms with van der Waals surface area (Å²) in [5, 5.41) is 14.0. The third-order valence-corrected chi connectivity index (χ3v) is 6.02. The predicted molar refractivity (Wildman–Crippen MR) is 162 cm³/mol. The van der Waals surface area contributed by atoms with Gasteiger partial charge < -0.3 is 30.4 Å². The molecule has 0 aliphatic rings. The first-order valence-corrected chi connectivity index (χ1v) is 13.4. The van der Waals surface area contributed by atoms with E-state index in [4.69, 9.17) is 25.1 Å². The van der Waals surface area contributed by atoms with Crippen LogP contribution in [0.2, 0.25) is 0 Å². The van der Waals surface area contributed by atoms with Gasteiger partial charge >= 0.3 is 6.09 Å². The zero-order valence-corrected chi connectivity index (χ0v) is 23.1. The number of anilines is 2. The third-order valence-electron chi connectivity index (χ3n) is 6.02. The van der Waals surface area contributed by atoms with Crippen molar-refractivity contribution in [2.24, 2.45) is 0 Å². The van der Waals surface area contributed by atoms with Crippen molar-refractivity contribution < 1.29 is 33.7 Å². The van der Waals surface area contributed by atoms with Crippen molar-refractivity contribution in [3.05, 3.63) is 132 Å². The van der Waals surface area contributed by atoms with E-state index < -0.39 is 30.1 Å². The number of hydrogen-bond donors (Lipinski definition) is 4. The minimum atomic E-state index is -1.12. The highest BCUT2D eigenvalue weighted by Crippen LogP contribution is 2.29. The normalized spacial score (nSPS) is 12.1. The minimum Gasteiger partial charge on any atom is -0.491 e. The van der Waals surface area contributed by atoms with Gasteiger partial charge in [0.2, 0.25) is 5.91 Å². The molecule has 4 aromatic carbocycles. The molecule has 0 bridgehead atoms. The number of hydrogen-bond acceptors (Lipinski definition) is 8. The lowest BCUT2D eigenvalue weighted by atomic mass is 10.0. The number of carbonyl (C=O) groups is 3. The summed E-state index contributed by atoms with van der Waals surface area (Å²) in [7, 11) is 0. The lowest BCUT2D eigenvalue weighted by Crippen LogP contribution is -2.36. The molecule has 0 heterocycles. The number of imide groups is 1. The predicted octanol–water partition coefficient (Wildman–Crippen LogP) is 4.89. The van der Waals surface area contributed by atoms with Crippen molar-refractivity contribution in [2.45, 2.75) is 12.2 Å². The lowest BCUT2D eigenvalue weighted by Gasteiger charge is -2.26. The van der Waals surface area contributed by atoms with E-state index in [1.165, 1.54) is 12.2 Å². The number of para-hydroxylation sites is 3. The molecule has 3 amide bonds. The number of benzene rings is 4. The number of nitrogens with one attached hydrogen (secondary N) is 2. The van der Waals surface area contributed by atoms with E-state index in [0.717, 1.165) is 0 Å². The number of ether oxygens (including phenoxy) is 3. The SMILES string of the molecule is Nc1ccccc1NC(=O)/C=C/[C@@H](Oc1ccccc1)[C@H](OC(=O)NC(=O)c1ccccc1)c1ccc(OCCO)cc1. The van der Waals surface area contributed by atoms with Crippen LogP contribution in [0.15, 0.2) is 121 Å². The van der Waals surface area contributed by atoms with Crippen LogP contribution in [0.1, 0.15) is 22.0 Å². The summed E-state index contributed by atoms with van der Waals surface area (Å²) < 4.78 is 17.4. The summed E-state index contributed by atoms with van der Waals surface area (Å²) >= 11 is 0. The van der Waals surface area contributed by atoms with Crippen LogP contribution in [0.3, 0.4) is 0 Å². The first kappa shape index (κ1) is 30.4. The van der Waals surface area contributed by atoms with Gasteiger partial charge in [-0.1, -0.05) is 60.7 Å². The van der Waals surface area contributed by atoms with Crippen molar-refractivity contribution in [1.29, 1.82) is 0 Å². The Balaban J connectivity index is 1.63. The molecule has 0 radical (unpaired) electrons. The lowest BCUT2D eigenvalue weighted by molar-refractivity contribution is -0.112. The van der Waals surface area contributed by atoms with Crippen molar-refractivity contribution >= 4 is 29.3 Å². The smallest absolute Gasteiger partial charge is 0.414 e. The average molecular weight is 582 g/mol. The third kappa shape index (κ3) is 9.20. The maximum absolute atomic E-state index is 13.0. The molecule has 220 valence electrons. The molecule has 0 aliphatic heterocycles. The summed E-state index contributed by atoms with van der Waals surface area (Å²) in [6.07, 6.45) is -0.461. The molecule has 0 saturated carbocycles. The van der Waals surface area contributed by atoms with Crippen LogP contribution >= 0.6 is 0 Å². The molecule has 0 aromatic heterocycles. The van der Waals surface area contributed by atoms with E-state index in [-0.39, 0.29) is 18.8 Å². The number of aliphatic hydroxyl groups excluding tert-OH is 1. The number of alkyl carbamates (subject to hydrolysis) is 1. The fraction of sp³-hybridized carbons (Fsp3) is 0.121. The Hall–Kier alpha value is -5.61. The molecule has 10 nitrogen and oxygen atoms in total. The van der Waals surface area contributed by atoms with Crippen molar-refractivity contribution in [3.8, 4) is 11.5 Å². The van der Waals surface area contributed by atoms with Gasteiger partial charge in [0.1, 0.15) is 18.1 Å². The van der Waals surface area contributed by atoms with Gasteiger partial charge in [0.05, 0.1) is 18.0 Å². The number of carbonyl (C=O) groups excluding carboxylic acids is 3. The second kappa shape index (κ2) is 15.4. The number of nitrogen functional groups attached to an aromatic ring is 1. The largest absolute Gasteiger partial charge is 0.491 e. The highest BCUT2D eigenvalue weighted by Gasteiger charge is 2.29. The Bertz CT molecular complexity index is 1530. The number of rotatable bonds is 12. The van der Waals surface area contributed by atoms with Gasteiger partial charge in [-0.25, -0.2) is 4.79 Å². The van der Waals surface area contributed by atoms with Crippen molar-refractivity contribution in [3.63, 3.8) is 0 Å². The quantitative estimate of drug-likeness (QED) is 0.137. The molecular formula is C33H31N3O7. The van der Waals surface area contributed by atoms with E-state index in [1.807, 2.05) is 6.07 Å². The first-order valence-electron chi connectivity index (χ1n) is 13.4. The molecule has 0 saturated heterocycles. The van der Waals surface area contributed by atoms with Gasteiger partial charge in [-0.2, -0.15) is 0 Å². The Morgan fingerprint density at radius 1 is 0.814 bits per heavy atom. The molecule has 2 atom stereocenters. The second-order valence-corrected chi connectivity index (χ2v) is 9.12. The van der Waals surface area contributed by atoms with Gasteiger partial charge in [0.25, 0.3) is 5.91 Å². The monoisotopic (exact) mass is 581 g/mol. The highest BCUT2D eigenvalue weighted by atomic mass is 16.6. The molecule has 43 heavy (non-hydrogen) atoms. The molecular weight excluding hydrogens is 550 g/mol. The topological polar surface area (TPSA) is 149 Å². The zero-order valence-electron chi connectivity index (χ0n) is 23.1. The molecule has 10 heteroatoms. The molecule has 4 rings (SSSR count). The Morgan fingerprint density at radius 3 is 2.14 bits per heavy atom. The van der Waals surface area contributed by atoms with Gasteiger partial charge in [0.15, 0.2) is 12.2 Å². The second-order valence-electron chi connectivity index (χ2n) is 9.12. The molecule has 0 spiro atoms. The van der Waals surface area contributed by atoms with E-state index in [2.05, 4.69) is 10.6 Å². The number of nitrogens with two attached hydrogens (primary N) is 1. The van der Waals surface area contributed by atoms with E-state index in [9.17, 15) is 14.4 Å². The summed E-state index contributed by atoms with van der Waals surface area (Å²) in [6, 6.07) is 30.4. The first-order chi connectivity index (χ1) is 20.9. The van der Waals surface area contributed by atoms with E-state index in [1.54, 1.807) is 103 Å². The fourth-order valence-electron chi connectivity index (χ4n) is 3.97. The summed E-state index contributed by atoms with van der Waals surface area (Å²) in [6.45, 7) is -0.0512. The van der Waals surface area contributed by atoms with Gasteiger partial charge in [-0.05, 0) is 60.2 Å².